The van der Waals surface area contributed by atoms with Gasteiger partial charge in [0.15, 0.2) is 0 Å². The first-order valence-corrected chi connectivity index (χ1v) is 13.8. The molecule has 0 radical (unpaired) electrons. The molecular formula is C26H37BF2N7O8+. The predicted molar refractivity (Wildman–Crippen MR) is 152 cm³/mol. The molecule has 0 aliphatic heterocycles. The summed E-state index contributed by atoms with van der Waals surface area (Å²) in [7, 11) is 0.953. The number of amides is 3. The minimum absolute atomic E-state index is 0.00686. The lowest BCUT2D eigenvalue weighted by Gasteiger charge is -2.27. The third-order valence-corrected chi connectivity index (χ3v) is 6.43. The monoisotopic (exact) mass is 624 g/mol. The summed E-state index contributed by atoms with van der Waals surface area (Å²) in [6, 6.07) is 2.89. The van der Waals surface area contributed by atoms with E-state index in [-0.39, 0.29) is 36.2 Å². The van der Waals surface area contributed by atoms with Crippen LogP contribution in [0.2, 0.25) is 0 Å². The molecular weight excluding hydrogens is 587 g/mol. The molecule has 44 heavy (non-hydrogen) atoms. The quantitative estimate of drug-likeness (QED) is 0.0736. The molecule has 1 aromatic carbocycles. The molecule has 0 fully saturated rings. The molecule has 0 aliphatic rings. The summed E-state index contributed by atoms with van der Waals surface area (Å²) in [5, 5.41) is 42.3. The Hall–Kier alpha value is -4.61. The van der Waals surface area contributed by atoms with Crippen LogP contribution in [0, 0.1) is 0 Å². The average molecular weight is 624 g/mol. The van der Waals surface area contributed by atoms with Crippen LogP contribution < -0.4 is 16.0 Å². The summed E-state index contributed by atoms with van der Waals surface area (Å²) in [4.78, 5) is 58.0. The van der Waals surface area contributed by atoms with Gasteiger partial charge in [0.2, 0.25) is 0 Å². The van der Waals surface area contributed by atoms with E-state index in [2.05, 4.69) is 26.3 Å². The molecule has 1 heterocycles. The Morgan fingerprint density at radius 2 is 1.57 bits per heavy atom. The van der Waals surface area contributed by atoms with Crippen LogP contribution in [0.5, 0.6) is 0 Å². The summed E-state index contributed by atoms with van der Waals surface area (Å²) < 4.78 is 27.2. The number of carboxylic acids is 3. The van der Waals surface area contributed by atoms with Gasteiger partial charge in [0.05, 0.1) is 26.8 Å². The second-order valence-electron chi connectivity index (χ2n) is 10.9. The van der Waals surface area contributed by atoms with Crippen molar-refractivity contribution in [1.29, 1.82) is 0 Å². The van der Waals surface area contributed by atoms with E-state index in [1.54, 1.807) is 49.2 Å². The number of carbonyl (C=O) groups excluding carboxylic acids is 2. The van der Waals surface area contributed by atoms with E-state index in [0.29, 0.717) is 37.2 Å². The van der Waals surface area contributed by atoms with Gasteiger partial charge < -0.3 is 35.8 Å². The smallest absolute Gasteiger partial charge is 0.481 e. The summed E-state index contributed by atoms with van der Waals surface area (Å²) in [6.45, 7) is 0.903. The van der Waals surface area contributed by atoms with Crippen LogP contribution in [0.1, 0.15) is 53.7 Å². The molecule has 6 N–H and O–H groups in total. The molecule has 0 spiro atoms. The first-order valence-electron chi connectivity index (χ1n) is 13.8. The number of carbonyl (C=O) groups is 5. The largest absolute Gasteiger partial charge is 0.592 e. The first-order chi connectivity index (χ1) is 20.6. The van der Waals surface area contributed by atoms with E-state index >= 15 is 0 Å². The summed E-state index contributed by atoms with van der Waals surface area (Å²) in [5.41, 5.74) is 1.82. The van der Waals surface area contributed by atoms with Gasteiger partial charge in [-0.3, -0.25) is 18.2 Å². The van der Waals surface area contributed by atoms with Gasteiger partial charge in [-0.2, -0.15) is 0 Å². The molecule has 2 rings (SSSR count). The van der Waals surface area contributed by atoms with Crippen LogP contribution in [-0.4, -0.2) is 111 Å². The van der Waals surface area contributed by atoms with Crippen molar-refractivity contribution in [2.75, 3.05) is 27.1 Å². The van der Waals surface area contributed by atoms with E-state index in [9.17, 15) is 37.7 Å². The molecule has 0 aliphatic carbocycles. The average Bonchev–Trinajstić information content (AvgIpc) is 3.34. The van der Waals surface area contributed by atoms with Gasteiger partial charge in [-0.15, -0.1) is 5.10 Å². The fourth-order valence-corrected chi connectivity index (χ4v) is 4.23. The standard InChI is InChI=1S/C26H36BF2N7O8/c1-36(2,16-27(28)29)15-19-14-35(34-33-19)13-17-6-8-18(9-7-17)23(39)30-12-4-3-5-20(24(40)41)31-26(44)32-21(25(42)43)10-11-22(37)38/h6-9,14,20-21H,3-5,10-13,15-16H2,1-2H3,(H5-,30,31,32,37,38,39,40,41,42,43,44)/p+1/t20-,21-/m0/s1. The number of benzene rings is 1. The highest BCUT2D eigenvalue weighted by molar-refractivity contribution is 6.42. The number of rotatable bonds is 19. The zero-order chi connectivity index (χ0) is 32.9. The number of nitrogens with one attached hydrogen (secondary N) is 3. The van der Waals surface area contributed by atoms with E-state index in [0.717, 1.165) is 5.56 Å². The van der Waals surface area contributed by atoms with Gasteiger partial charge in [0.25, 0.3) is 5.91 Å². The van der Waals surface area contributed by atoms with Crippen LogP contribution in [-0.2, 0) is 27.5 Å². The number of hydrogen-bond acceptors (Lipinski definition) is 7. The molecule has 1 aromatic heterocycles. The molecule has 240 valence electrons. The van der Waals surface area contributed by atoms with E-state index in [4.69, 9.17) is 10.2 Å². The number of hydrogen-bond donors (Lipinski definition) is 6. The Balaban J connectivity index is 1.76. The second kappa shape index (κ2) is 16.9. The molecule has 18 heteroatoms. The van der Waals surface area contributed by atoms with Crippen LogP contribution in [0.4, 0.5) is 13.4 Å². The number of quaternary nitrogens is 1. The minimum Gasteiger partial charge on any atom is -0.481 e. The maximum Gasteiger partial charge on any atom is 0.592 e. The maximum absolute atomic E-state index is 12.8. The van der Waals surface area contributed by atoms with Gasteiger partial charge in [-0.25, -0.2) is 19.1 Å². The number of nitrogens with zero attached hydrogens (tertiary/aromatic N) is 4. The van der Waals surface area contributed by atoms with Crippen molar-refractivity contribution in [3.8, 4) is 0 Å². The highest BCUT2D eigenvalue weighted by Crippen LogP contribution is 2.11. The zero-order valence-corrected chi connectivity index (χ0v) is 24.4. The SMILES string of the molecule is C[N+](C)(CB(F)F)Cc1cn(Cc2ccc(C(=O)NCCCC[C@H](NC(=O)N[C@@H](CCC(=O)O)C(=O)O)C(=O)O)cc2)nn1. The lowest BCUT2D eigenvalue weighted by Crippen LogP contribution is -2.51. The van der Waals surface area contributed by atoms with Crippen LogP contribution in [0.15, 0.2) is 30.5 Å². The Kier molecular flexibility index (Phi) is 13.7. The normalized spacial score (nSPS) is 12.5. The van der Waals surface area contributed by atoms with Crippen LogP contribution in [0.25, 0.3) is 0 Å². The van der Waals surface area contributed by atoms with E-state index in [1.807, 2.05) is 0 Å². The Labute approximate surface area is 252 Å². The van der Waals surface area contributed by atoms with Crippen molar-refractivity contribution in [3.63, 3.8) is 0 Å². The third-order valence-electron chi connectivity index (χ3n) is 6.43. The number of carboxylic acid groups (broad SMARTS) is 3. The van der Waals surface area contributed by atoms with Crippen molar-refractivity contribution < 1.29 is 52.4 Å². The number of aromatic nitrogens is 3. The van der Waals surface area contributed by atoms with Gasteiger partial charge in [0.1, 0.15) is 30.8 Å². The Morgan fingerprint density at radius 3 is 2.14 bits per heavy atom. The van der Waals surface area contributed by atoms with Crippen LogP contribution in [0.3, 0.4) is 0 Å². The molecule has 3 amide bonds. The summed E-state index contributed by atoms with van der Waals surface area (Å²) in [6.07, 6.45) is 1.25. The van der Waals surface area contributed by atoms with E-state index in [1.165, 1.54) is 0 Å². The third kappa shape index (κ3) is 13.1. The number of halogens is 2. The molecule has 0 bridgehead atoms. The number of aliphatic carboxylic acids is 3. The minimum atomic E-state index is -2.43. The number of unbranched alkanes of at least 4 members (excludes halogenated alkanes) is 1. The predicted octanol–water partition coefficient (Wildman–Crippen LogP) is 0.840. The van der Waals surface area contributed by atoms with Crippen LogP contribution >= 0.6 is 0 Å². The molecule has 0 saturated heterocycles. The van der Waals surface area contributed by atoms with Gasteiger partial charge >= 0.3 is 31.2 Å². The second-order valence-corrected chi connectivity index (χ2v) is 10.9. The topological polar surface area (TPSA) is 213 Å². The maximum atomic E-state index is 12.8. The molecule has 2 aromatic rings. The fraction of sp³-hybridized carbons (Fsp3) is 0.500. The van der Waals surface area contributed by atoms with Gasteiger partial charge in [0, 0.05) is 18.5 Å². The highest BCUT2D eigenvalue weighted by atomic mass is 19.2. The Morgan fingerprint density at radius 1 is 0.955 bits per heavy atom. The summed E-state index contributed by atoms with van der Waals surface area (Å²) >= 11 is 0. The number of urea groups is 1. The van der Waals surface area contributed by atoms with Gasteiger partial charge in [-0.05, 0) is 43.4 Å². The first kappa shape index (κ1) is 35.6. The lowest BCUT2D eigenvalue weighted by atomic mass is 9.97. The van der Waals surface area contributed by atoms with Crippen molar-refractivity contribution in [3.05, 3.63) is 47.3 Å². The zero-order valence-electron chi connectivity index (χ0n) is 24.4. The van der Waals surface area contributed by atoms with E-state index < -0.39 is 49.7 Å². The van der Waals surface area contributed by atoms with Crippen molar-refractivity contribution in [2.24, 2.45) is 0 Å². The molecule has 15 nitrogen and oxygen atoms in total. The summed E-state index contributed by atoms with van der Waals surface area (Å²) in [5.74, 6) is -4.37. The molecule has 0 unspecified atom stereocenters. The highest BCUT2D eigenvalue weighted by Gasteiger charge is 2.28. The van der Waals surface area contributed by atoms with Gasteiger partial charge in [-0.1, -0.05) is 17.3 Å². The molecule has 0 saturated carbocycles. The lowest BCUT2D eigenvalue weighted by molar-refractivity contribution is -0.894. The van der Waals surface area contributed by atoms with Crippen molar-refractivity contribution >= 4 is 37.1 Å². The van der Waals surface area contributed by atoms with Crippen molar-refractivity contribution in [2.45, 2.75) is 57.3 Å². The van der Waals surface area contributed by atoms with Crippen molar-refractivity contribution in [1.82, 2.24) is 30.9 Å². The molecule has 2 atom stereocenters. The Bertz CT molecular complexity index is 1290. The fourth-order valence-electron chi connectivity index (χ4n) is 4.23.